The van der Waals surface area contributed by atoms with Gasteiger partial charge in [-0.2, -0.15) is 0 Å². The van der Waals surface area contributed by atoms with Gasteiger partial charge in [0.05, 0.1) is 11.4 Å². The highest BCUT2D eigenvalue weighted by Crippen LogP contribution is 2.48. The lowest BCUT2D eigenvalue weighted by Gasteiger charge is -2.30. The number of anilines is 3. The zero-order valence-corrected chi connectivity index (χ0v) is 31.7. The smallest absolute Gasteiger partial charge is 0.143 e. The second-order valence-electron chi connectivity index (χ2n) is 14.9. The molecule has 2 heteroatoms. The lowest BCUT2D eigenvalue weighted by molar-refractivity contribution is 0.674. The molecule has 58 heavy (non-hydrogen) atoms. The molecule has 0 saturated carbocycles. The Balaban J connectivity index is 1.17. The topological polar surface area (TPSA) is 16.4 Å². The van der Waals surface area contributed by atoms with Crippen molar-refractivity contribution in [1.29, 1.82) is 0 Å². The molecule has 0 N–H and O–H groups in total. The number of fused-ring (bicyclic) bond motifs is 6. The van der Waals surface area contributed by atoms with Crippen molar-refractivity contribution >= 4 is 60.5 Å². The molecule has 0 saturated heterocycles. The Bertz CT molecular complexity index is 3290. The van der Waals surface area contributed by atoms with Crippen molar-refractivity contribution in [2.75, 3.05) is 4.90 Å². The van der Waals surface area contributed by atoms with Crippen LogP contribution in [0.1, 0.15) is 0 Å². The fourth-order valence-electron chi connectivity index (χ4n) is 8.63. The minimum atomic E-state index is 0.883. The van der Waals surface area contributed by atoms with E-state index in [1.807, 2.05) is 0 Å². The Kier molecular flexibility index (Phi) is 8.19. The molecular weight excluding hydrogens is 703 g/mol. The van der Waals surface area contributed by atoms with E-state index in [0.29, 0.717) is 0 Å². The van der Waals surface area contributed by atoms with Gasteiger partial charge in [0, 0.05) is 38.5 Å². The van der Waals surface area contributed by atoms with Gasteiger partial charge >= 0.3 is 0 Å². The van der Waals surface area contributed by atoms with E-state index in [-0.39, 0.29) is 0 Å². The molecule has 0 spiro atoms. The summed E-state index contributed by atoms with van der Waals surface area (Å²) in [5, 5.41) is 6.97. The van der Waals surface area contributed by atoms with E-state index in [2.05, 4.69) is 229 Å². The average Bonchev–Trinajstić information content (AvgIpc) is 3.70. The molecule has 11 rings (SSSR count). The SMILES string of the molecule is c1ccc(-c2ccc(N(c3cccc(-c4ccc5ccccc5c4)c3)c3ccccc3-c3cccc4c3oc3c5ccccc5ccc43)c(-c3ccccc3)c2)cc1. The third-order valence-corrected chi connectivity index (χ3v) is 11.4. The first-order valence-electron chi connectivity index (χ1n) is 19.8. The van der Waals surface area contributed by atoms with Crippen LogP contribution in [0.4, 0.5) is 17.1 Å². The summed E-state index contributed by atoms with van der Waals surface area (Å²) in [6.07, 6.45) is 0. The third kappa shape index (κ3) is 5.82. The molecule has 10 aromatic carbocycles. The van der Waals surface area contributed by atoms with Crippen LogP contribution in [0.15, 0.2) is 229 Å². The van der Waals surface area contributed by atoms with Gasteiger partial charge in [-0.3, -0.25) is 0 Å². The second-order valence-corrected chi connectivity index (χ2v) is 14.9. The zero-order valence-electron chi connectivity index (χ0n) is 31.7. The van der Waals surface area contributed by atoms with E-state index in [1.165, 1.54) is 32.8 Å². The van der Waals surface area contributed by atoms with Crippen LogP contribution >= 0.6 is 0 Å². The van der Waals surface area contributed by atoms with Gasteiger partial charge in [-0.1, -0.05) is 182 Å². The van der Waals surface area contributed by atoms with Gasteiger partial charge in [0.25, 0.3) is 0 Å². The summed E-state index contributed by atoms with van der Waals surface area (Å²) >= 11 is 0. The van der Waals surface area contributed by atoms with Gasteiger partial charge in [0.15, 0.2) is 0 Å². The lowest BCUT2D eigenvalue weighted by atomic mass is 9.94. The summed E-state index contributed by atoms with van der Waals surface area (Å²) in [5.41, 5.74) is 14.1. The predicted molar refractivity (Wildman–Crippen MR) is 245 cm³/mol. The quantitative estimate of drug-likeness (QED) is 0.162. The highest BCUT2D eigenvalue weighted by atomic mass is 16.3. The van der Waals surface area contributed by atoms with Crippen molar-refractivity contribution in [3.8, 4) is 44.5 Å². The van der Waals surface area contributed by atoms with Gasteiger partial charge in [-0.25, -0.2) is 0 Å². The van der Waals surface area contributed by atoms with Crippen molar-refractivity contribution in [2.24, 2.45) is 0 Å². The Morgan fingerprint density at radius 2 is 0.845 bits per heavy atom. The first kappa shape index (κ1) is 33.6. The molecule has 272 valence electrons. The third-order valence-electron chi connectivity index (χ3n) is 11.4. The van der Waals surface area contributed by atoms with Crippen LogP contribution in [0, 0.1) is 0 Å². The van der Waals surface area contributed by atoms with Crippen LogP contribution in [-0.2, 0) is 0 Å². The Labute approximate surface area is 337 Å². The van der Waals surface area contributed by atoms with Crippen molar-refractivity contribution in [2.45, 2.75) is 0 Å². The highest BCUT2D eigenvalue weighted by Gasteiger charge is 2.24. The first-order valence-corrected chi connectivity index (χ1v) is 19.8. The summed E-state index contributed by atoms with van der Waals surface area (Å²) in [6.45, 7) is 0. The van der Waals surface area contributed by atoms with Crippen LogP contribution < -0.4 is 4.90 Å². The maximum absolute atomic E-state index is 6.95. The van der Waals surface area contributed by atoms with Crippen molar-refractivity contribution in [1.82, 2.24) is 0 Å². The number of benzene rings is 10. The van der Waals surface area contributed by atoms with Crippen LogP contribution in [0.2, 0.25) is 0 Å². The molecular formula is C56H37NO. The largest absolute Gasteiger partial charge is 0.455 e. The average molecular weight is 740 g/mol. The molecule has 0 bridgehead atoms. The summed E-state index contributed by atoms with van der Waals surface area (Å²) in [4.78, 5) is 2.44. The Morgan fingerprint density at radius 1 is 0.276 bits per heavy atom. The Morgan fingerprint density at radius 3 is 1.71 bits per heavy atom. The van der Waals surface area contributed by atoms with E-state index < -0.39 is 0 Å². The standard InChI is InChI=1S/C56H37NO/c1-3-15-38(16-4-1)45-32-34-54(52(37-45)40-18-5-2-6-19-40)57(46-23-13-22-43(36-46)44-30-29-39-17-7-8-21-42(39)35-44)53-28-12-11-25-48(53)49-26-14-27-50-51-33-31-41-20-9-10-24-47(41)55(51)58-56(49)50/h1-37H. The molecule has 0 radical (unpaired) electrons. The molecule has 1 aromatic heterocycles. The minimum Gasteiger partial charge on any atom is -0.455 e. The molecule has 0 aliphatic heterocycles. The number of rotatable bonds is 7. The first-order chi connectivity index (χ1) is 28.8. The molecule has 0 aliphatic rings. The molecule has 1 heterocycles. The molecule has 0 unspecified atom stereocenters. The maximum atomic E-state index is 6.95. The van der Waals surface area contributed by atoms with E-state index in [1.54, 1.807) is 0 Å². The number of para-hydroxylation sites is 2. The van der Waals surface area contributed by atoms with Crippen molar-refractivity contribution in [3.05, 3.63) is 224 Å². The van der Waals surface area contributed by atoms with Crippen LogP contribution in [-0.4, -0.2) is 0 Å². The van der Waals surface area contributed by atoms with E-state index in [9.17, 15) is 0 Å². The fraction of sp³-hybridized carbons (Fsp3) is 0. The minimum absolute atomic E-state index is 0.883. The van der Waals surface area contributed by atoms with E-state index in [0.717, 1.165) is 72.2 Å². The molecule has 2 nitrogen and oxygen atoms in total. The van der Waals surface area contributed by atoms with Crippen LogP contribution in [0.25, 0.3) is 88.0 Å². The fourth-order valence-corrected chi connectivity index (χ4v) is 8.63. The van der Waals surface area contributed by atoms with Crippen molar-refractivity contribution in [3.63, 3.8) is 0 Å². The molecule has 11 aromatic rings. The number of hydrogen-bond donors (Lipinski definition) is 0. The summed E-state index contributed by atoms with van der Waals surface area (Å²) in [7, 11) is 0. The van der Waals surface area contributed by atoms with Gasteiger partial charge in [-0.15, -0.1) is 0 Å². The van der Waals surface area contributed by atoms with Crippen LogP contribution in [0.3, 0.4) is 0 Å². The summed E-state index contributed by atoms with van der Waals surface area (Å²) in [5.74, 6) is 0. The van der Waals surface area contributed by atoms with Crippen LogP contribution in [0.5, 0.6) is 0 Å². The Hall–Kier alpha value is -7.68. The lowest BCUT2D eigenvalue weighted by Crippen LogP contribution is -2.12. The second kappa shape index (κ2) is 14.1. The molecule has 0 fully saturated rings. The van der Waals surface area contributed by atoms with Crippen molar-refractivity contribution < 1.29 is 4.42 Å². The maximum Gasteiger partial charge on any atom is 0.143 e. The van der Waals surface area contributed by atoms with Gasteiger partial charge in [0.1, 0.15) is 11.2 Å². The number of hydrogen-bond acceptors (Lipinski definition) is 2. The number of furan rings is 1. The van der Waals surface area contributed by atoms with Gasteiger partial charge in [-0.05, 0) is 86.4 Å². The zero-order chi connectivity index (χ0) is 38.4. The van der Waals surface area contributed by atoms with Gasteiger partial charge in [0.2, 0.25) is 0 Å². The van der Waals surface area contributed by atoms with Gasteiger partial charge < -0.3 is 9.32 Å². The molecule has 0 atom stereocenters. The predicted octanol–water partition coefficient (Wildman–Crippen LogP) is 16.0. The molecule has 0 aliphatic carbocycles. The highest BCUT2D eigenvalue weighted by molar-refractivity contribution is 6.17. The number of nitrogens with zero attached hydrogens (tertiary/aromatic N) is 1. The molecule has 0 amide bonds. The normalized spacial score (nSPS) is 11.4. The van der Waals surface area contributed by atoms with E-state index >= 15 is 0 Å². The summed E-state index contributed by atoms with van der Waals surface area (Å²) < 4.78 is 6.95. The van der Waals surface area contributed by atoms with E-state index in [4.69, 9.17) is 4.42 Å². The summed E-state index contributed by atoms with van der Waals surface area (Å²) in [6, 6.07) is 80.7. The monoisotopic (exact) mass is 739 g/mol.